The van der Waals surface area contributed by atoms with E-state index in [0.29, 0.717) is 0 Å². The summed E-state index contributed by atoms with van der Waals surface area (Å²) in [6.45, 7) is 1.89. The summed E-state index contributed by atoms with van der Waals surface area (Å²) in [5, 5.41) is 0. The molecule has 94 valence electrons. The highest BCUT2D eigenvalue weighted by Gasteiger charge is 2.02. The third-order valence-corrected chi connectivity index (χ3v) is 3.53. The van der Waals surface area contributed by atoms with E-state index in [4.69, 9.17) is 0 Å². The molecule has 0 aliphatic carbocycles. The molecule has 0 bridgehead atoms. The summed E-state index contributed by atoms with van der Waals surface area (Å²) in [6.07, 6.45) is 5.83. The number of thioether (sulfide) groups is 1. The molecule has 2 nitrogen and oxygen atoms in total. The Morgan fingerprint density at radius 1 is 1.06 bits per heavy atom. The fourth-order valence-electron chi connectivity index (χ4n) is 1.90. The van der Waals surface area contributed by atoms with E-state index in [1.807, 2.05) is 18.5 Å². The van der Waals surface area contributed by atoms with E-state index >= 15 is 0 Å². The number of hydrogen-bond acceptors (Lipinski definition) is 3. The Balaban J connectivity index is 1.92. The molecule has 1 heterocycles. The minimum absolute atomic E-state index is 0.929. The molecular formula is C15H18N2S. The molecule has 1 aromatic carbocycles. The van der Waals surface area contributed by atoms with Crippen molar-refractivity contribution < 1.29 is 0 Å². The van der Waals surface area contributed by atoms with Gasteiger partial charge < -0.3 is 0 Å². The summed E-state index contributed by atoms with van der Waals surface area (Å²) in [4.78, 5) is 7.75. The molecule has 0 N–H and O–H groups in total. The second kappa shape index (κ2) is 6.57. The summed E-state index contributed by atoms with van der Waals surface area (Å²) >= 11 is 1.78. The number of hydrogen-bond donors (Lipinski definition) is 0. The second-order valence-electron chi connectivity index (χ2n) is 4.38. The molecule has 0 aliphatic rings. The predicted molar refractivity (Wildman–Crippen MR) is 77.6 cm³/mol. The van der Waals surface area contributed by atoms with Gasteiger partial charge in [0, 0.05) is 30.4 Å². The lowest BCUT2D eigenvalue weighted by Crippen LogP contribution is -2.17. The van der Waals surface area contributed by atoms with Crippen LogP contribution in [0.25, 0.3) is 0 Å². The first-order valence-electron chi connectivity index (χ1n) is 5.98. The Kier molecular flexibility index (Phi) is 4.79. The Hall–Kier alpha value is -1.32. The molecular weight excluding hydrogens is 240 g/mol. The standard InChI is InChI=1S/C15H18N2S/c1-17(12-14-4-3-9-16-10-14)11-13-5-7-15(18-2)8-6-13/h3-10H,11-12H2,1-2H3. The van der Waals surface area contributed by atoms with Gasteiger partial charge in [0.1, 0.15) is 0 Å². The largest absolute Gasteiger partial charge is 0.298 e. The molecule has 0 saturated carbocycles. The Morgan fingerprint density at radius 3 is 2.39 bits per heavy atom. The average Bonchev–Trinajstić information content (AvgIpc) is 2.40. The number of rotatable bonds is 5. The van der Waals surface area contributed by atoms with Crippen molar-refractivity contribution >= 4 is 11.8 Å². The molecule has 0 spiro atoms. The zero-order valence-corrected chi connectivity index (χ0v) is 11.7. The molecule has 0 unspecified atom stereocenters. The van der Waals surface area contributed by atoms with Gasteiger partial charge in [-0.3, -0.25) is 9.88 Å². The van der Waals surface area contributed by atoms with Gasteiger partial charge in [-0.25, -0.2) is 0 Å². The molecule has 0 amide bonds. The first-order chi connectivity index (χ1) is 8.78. The van der Waals surface area contributed by atoms with Gasteiger partial charge in [0.2, 0.25) is 0 Å². The fraction of sp³-hybridized carbons (Fsp3) is 0.267. The monoisotopic (exact) mass is 258 g/mol. The van der Waals surface area contributed by atoms with Gasteiger partial charge in [-0.05, 0) is 42.6 Å². The highest BCUT2D eigenvalue weighted by atomic mass is 32.2. The maximum absolute atomic E-state index is 4.14. The van der Waals surface area contributed by atoms with Crippen LogP contribution in [0.4, 0.5) is 0 Å². The van der Waals surface area contributed by atoms with Crippen LogP contribution in [0.15, 0.2) is 53.7 Å². The molecule has 1 aromatic heterocycles. The Bertz CT molecular complexity index is 468. The molecule has 0 atom stereocenters. The van der Waals surface area contributed by atoms with E-state index in [1.54, 1.807) is 11.8 Å². The van der Waals surface area contributed by atoms with Crippen LogP contribution in [0.1, 0.15) is 11.1 Å². The smallest absolute Gasteiger partial charge is 0.0312 e. The van der Waals surface area contributed by atoms with E-state index in [1.165, 1.54) is 16.0 Å². The van der Waals surface area contributed by atoms with Gasteiger partial charge in [0.05, 0.1) is 0 Å². The van der Waals surface area contributed by atoms with Crippen molar-refractivity contribution in [2.75, 3.05) is 13.3 Å². The first-order valence-corrected chi connectivity index (χ1v) is 7.21. The van der Waals surface area contributed by atoms with Crippen molar-refractivity contribution in [1.29, 1.82) is 0 Å². The SMILES string of the molecule is CSc1ccc(CN(C)Cc2cccnc2)cc1. The zero-order chi connectivity index (χ0) is 12.8. The van der Waals surface area contributed by atoms with Crippen molar-refractivity contribution in [1.82, 2.24) is 9.88 Å². The van der Waals surface area contributed by atoms with Crippen LogP contribution in [0.3, 0.4) is 0 Å². The van der Waals surface area contributed by atoms with Crippen molar-refractivity contribution in [2.45, 2.75) is 18.0 Å². The van der Waals surface area contributed by atoms with Gasteiger partial charge in [-0.2, -0.15) is 0 Å². The fourth-order valence-corrected chi connectivity index (χ4v) is 2.31. The lowest BCUT2D eigenvalue weighted by Gasteiger charge is -2.16. The summed E-state index contributed by atoms with van der Waals surface area (Å²) in [6, 6.07) is 12.9. The lowest BCUT2D eigenvalue weighted by molar-refractivity contribution is 0.318. The summed E-state index contributed by atoms with van der Waals surface area (Å²) in [5.74, 6) is 0. The summed E-state index contributed by atoms with van der Waals surface area (Å²) in [5.41, 5.74) is 2.60. The molecule has 2 aromatic rings. The molecule has 0 radical (unpaired) electrons. The van der Waals surface area contributed by atoms with Crippen molar-refractivity contribution in [2.24, 2.45) is 0 Å². The number of aromatic nitrogens is 1. The maximum atomic E-state index is 4.14. The van der Waals surface area contributed by atoms with Crippen LogP contribution < -0.4 is 0 Å². The van der Waals surface area contributed by atoms with Crippen LogP contribution in [0.5, 0.6) is 0 Å². The van der Waals surface area contributed by atoms with Gasteiger partial charge in [-0.15, -0.1) is 11.8 Å². The zero-order valence-electron chi connectivity index (χ0n) is 10.8. The van der Waals surface area contributed by atoms with Crippen LogP contribution in [0, 0.1) is 0 Å². The van der Waals surface area contributed by atoms with E-state index in [-0.39, 0.29) is 0 Å². The third kappa shape index (κ3) is 3.86. The third-order valence-electron chi connectivity index (χ3n) is 2.79. The van der Waals surface area contributed by atoms with Gasteiger partial charge in [0.15, 0.2) is 0 Å². The summed E-state index contributed by atoms with van der Waals surface area (Å²) in [7, 11) is 2.13. The molecule has 0 fully saturated rings. The quantitative estimate of drug-likeness (QED) is 0.764. The first kappa shape index (κ1) is 13.1. The highest BCUT2D eigenvalue weighted by Crippen LogP contribution is 2.16. The van der Waals surface area contributed by atoms with E-state index < -0.39 is 0 Å². The van der Waals surface area contributed by atoms with Crippen molar-refractivity contribution in [3.8, 4) is 0 Å². The van der Waals surface area contributed by atoms with Crippen LogP contribution in [-0.2, 0) is 13.1 Å². The normalized spacial score (nSPS) is 10.8. The van der Waals surface area contributed by atoms with E-state index in [9.17, 15) is 0 Å². The minimum atomic E-state index is 0.929. The Morgan fingerprint density at radius 2 is 1.78 bits per heavy atom. The van der Waals surface area contributed by atoms with Crippen LogP contribution >= 0.6 is 11.8 Å². The van der Waals surface area contributed by atoms with Gasteiger partial charge in [0.25, 0.3) is 0 Å². The maximum Gasteiger partial charge on any atom is 0.0312 e. The highest BCUT2D eigenvalue weighted by molar-refractivity contribution is 7.98. The van der Waals surface area contributed by atoms with E-state index in [0.717, 1.165) is 13.1 Å². The number of benzene rings is 1. The molecule has 0 saturated heterocycles. The number of nitrogens with zero attached hydrogens (tertiary/aromatic N) is 2. The van der Waals surface area contributed by atoms with Gasteiger partial charge in [-0.1, -0.05) is 18.2 Å². The molecule has 18 heavy (non-hydrogen) atoms. The van der Waals surface area contributed by atoms with Crippen LogP contribution in [-0.4, -0.2) is 23.2 Å². The topological polar surface area (TPSA) is 16.1 Å². The molecule has 2 rings (SSSR count). The lowest BCUT2D eigenvalue weighted by atomic mass is 10.2. The molecule has 3 heteroatoms. The number of pyridine rings is 1. The van der Waals surface area contributed by atoms with Crippen molar-refractivity contribution in [3.63, 3.8) is 0 Å². The summed E-state index contributed by atoms with van der Waals surface area (Å²) < 4.78 is 0. The second-order valence-corrected chi connectivity index (χ2v) is 5.26. The van der Waals surface area contributed by atoms with Crippen molar-refractivity contribution in [3.05, 3.63) is 59.9 Å². The molecule has 0 aliphatic heterocycles. The Labute approximate surface area is 113 Å². The average molecular weight is 258 g/mol. The predicted octanol–water partition coefficient (Wildman–Crippen LogP) is 3.44. The van der Waals surface area contributed by atoms with E-state index in [2.05, 4.69) is 53.5 Å². The van der Waals surface area contributed by atoms with Gasteiger partial charge >= 0.3 is 0 Å². The minimum Gasteiger partial charge on any atom is -0.298 e. The van der Waals surface area contributed by atoms with Crippen LogP contribution in [0.2, 0.25) is 0 Å².